The molecule has 3 aromatic carbocycles. The first-order valence-electron chi connectivity index (χ1n) is 22.5. The zero-order valence-electron chi connectivity index (χ0n) is 40.5. The van der Waals surface area contributed by atoms with Gasteiger partial charge >= 0.3 is 0 Å². The monoisotopic (exact) mass is 949 g/mol. The third-order valence-electron chi connectivity index (χ3n) is 10.9. The third kappa shape index (κ3) is 17.2. The highest BCUT2D eigenvalue weighted by atomic mass is 32.2. The molecule has 1 aliphatic rings. The highest BCUT2D eigenvalue weighted by molar-refractivity contribution is 7.86. The lowest BCUT2D eigenvalue weighted by atomic mass is 10.0. The lowest BCUT2D eigenvalue weighted by molar-refractivity contribution is -0.114. The molecule has 1 amide bonds. The molecule has 0 saturated heterocycles. The Balaban J connectivity index is 0.000000589. The van der Waals surface area contributed by atoms with Crippen LogP contribution in [0.15, 0.2) is 122 Å². The van der Waals surface area contributed by atoms with Crippen molar-refractivity contribution in [2.24, 2.45) is 5.10 Å². The Hall–Kier alpha value is -5.27. The van der Waals surface area contributed by atoms with Crippen LogP contribution in [0.25, 0.3) is 17.3 Å². The first-order valence-corrected chi connectivity index (χ1v) is 25.4. The van der Waals surface area contributed by atoms with Gasteiger partial charge in [-0.2, -0.15) is 26.9 Å². The number of hydrogen-bond donors (Lipinski definition) is 3. The van der Waals surface area contributed by atoms with Crippen LogP contribution in [-0.2, 0) is 25.0 Å². The van der Waals surface area contributed by atoms with Crippen molar-refractivity contribution in [1.29, 1.82) is 0 Å². The fourth-order valence-corrected chi connectivity index (χ4v) is 7.55. The van der Waals surface area contributed by atoms with Crippen molar-refractivity contribution in [2.45, 2.75) is 86.0 Å². The zero-order valence-corrected chi connectivity index (χ0v) is 42.2. The Kier molecular flexibility index (Phi) is 24.1. The predicted octanol–water partition coefficient (Wildman–Crippen LogP) is 8.46. The van der Waals surface area contributed by atoms with Crippen molar-refractivity contribution in [3.8, 4) is 5.69 Å². The average Bonchev–Trinajstić information content (AvgIpc) is 3.76. The number of hydrazone groups is 1. The lowest BCUT2D eigenvalue weighted by Crippen LogP contribution is -2.21. The SMILES string of the molecule is CC1=NN(c2ccc(S(=O)(=O)O)cc2)C(=O)/C1=C/C=C(\C=C\c1c(C)[nH]n(-c2ccc(S(=O)(=O)O)cc2)c1=O)c1ccccc1.CCN(CC)CC.CCN(CC)CC.CCN(CC)CC. The third-order valence-corrected chi connectivity index (χ3v) is 12.7. The number of allylic oxidation sites excluding steroid dienone is 4. The van der Waals surface area contributed by atoms with E-state index >= 15 is 0 Å². The number of aromatic nitrogens is 2. The number of anilines is 1. The van der Waals surface area contributed by atoms with Gasteiger partial charge in [-0.3, -0.25) is 23.8 Å². The highest BCUT2D eigenvalue weighted by Gasteiger charge is 2.28. The number of carbonyl (C=O) groups excluding carboxylic acids is 1. The van der Waals surface area contributed by atoms with Crippen LogP contribution in [0.5, 0.6) is 0 Å². The molecule has 0 radical (unpaired) electrons. The fourth-order valence-electron chi connectivity index (χ4n) is 6.59. The zero-order chi connectivity index (χ0) is 49.6. The second kappa shape index (κ2) is 28.0. The molecular weight excluding hydrogens is 879 g/mol. The van der Waals surface area contributed by atoms with E-state index in [0.717, 1.165) is 10.6 Å². The van der Waals surface area contributed by atoms with E-state index in [-0.39, 0.29) is 9.79 Å². The molecule has 0 fully saturated rings. The number of benzene rings is 3. The van der Waals surface area contributed by atoms with Crippen molar-refractivity contribution in [1.82, 2.24) is 24.5 Å². The maximum absolute atomic E-state index is 13.3. The summed E-state index contributed by atoms with van der Waals surface area (Å²) < 4.78 is 65.2. The summed E-state index contributed by atoms with van der Waals surface area (Å²) in [6, 6.07) is 19.5. The maximum Gasteiger partial charge on any atom is 0.294 e. The quantitative estimate of drug-likeness (QED) is 0.0523. The van der Waals surface area contributed by atoms with Gasteiger partial charge < -0.3 is 14.7 Å². The first-order chi connectivity index (χ1) is 31.3. The smallest absolute Gasteiger partial charge is 0.294 e. The molecule has 2 heterocycles. The van der Waals surface area contributed by atoms with Crippen molar-refractivity contribution in [3.05, 3.63) is 130 Å². The van der Waals surface area contributed by atoms with Gasteiger partial charge in [0.2, 0.25) is 0 Å². The molecule has 362 valence electrons. The number of H-pyrrole nitrogens is 1. The summed E-state index contributed by atoms with van der Waals surface area (Å²) in [6.45, 7) is 33.8. The molecule has 0 unspecified atom stereocenters. The summed E-state index contributed by atoms with van der Waals surface area (Å²) in [7, 11) is -8.77. The molecule has 3 N–H and O–H groups in total. The van der Waals surface area contributed by atoms with Crippen LogP contribution >= 0.6 is 0 Å². The molecule has 0 saturated carbocycles. The number of aromatic amines is 1. The van der Waals surface area contributed by atoms with Gasteiger partial charge in [0.05, 0.1) is 38.0 Å². The van der Waals surface area contributed by atoms with Crippen molar-refractivity contribution in [2.75, 3.05) is 63.9 Å². The van der Waals surface area contributed by atoms with Gasteiger partial charge in [0.25, 0.3) is 31.7 Å². The maximum atomic E-state index is 13.3. The summed E-state index contributed by atoms with van der Waals surface area (Å²) in [5.74, 6) is -0.441. The molecule has 1 aliphatic heterocycles. The molecule has 0 atom stereocenters. The van der Waals surface area contributed by atoms with Gasteiger partial charge in [-0.05, 0) is 145 Å². The van der Waals surface area contributed by atoms with Crippen molar-refractivity contribution >= 4 is 49.2 Å². The topological polar surface area (TPSA) is 189 Å². The number of rotatable bonds is 17. The van der Waals surface area contributed by atoms with E-state index in [0.29, 0.717) is 39.5 Å². The molecule has 15 nitrogen and oxygen atoms in total. The van der Waals surface area contributed by atoms with Crippen molar-refractivity contribution in [3.63, 3.8) is 0 Å². The molecule has 66 heavy (non-hydrogen) atoms. The minimum absolute atomic E-state index is 0.296. The van der Waals surface area contributed by atoms with Gasteiger partial charge in [-0.15, -0.1) is 0 Å². The fraction of sp³-hybridized carbons (Fsp3) is 0.408. The molecular formula is C49H71N7O8S2. The Bertz CT molecular complexity index is 2470. The van der Waals surface area contributed by atoms with Crippen LogP contribution in [0.4, 0.5) is 5.69 Å². The Morgan fingerprint density at radius 1 is 0.621 bits per heavy atom. The second-order valence-electron chi connectivity index (χ2n) is 14.8. The number of amides is 1. The predicted molar refractivity (Wildman–Crippen MR) is 270 cm³/mol. The molecule has 0 spiro atoms. The number of hydrogen-bond acceptors (Lipinski definition) is 10. The highest BCUT2D eigenvalue weighted by Crippen LogP contribution is 2.26. The molecule has 5 rings (SSSR count). The standard InChI is InChI=1S/C31H26N4O8S2.3C6H15N/c1-20-28(30(36)34(32-20)24-10-14-26(15-11-24)44(38,39)40)18-8-23(22-6-4-3-5-7-22)9-19-29-21(2)33-35(31(29)37)25-12-16-27(17-13-25)45(41,42)43;3*1-4-7(5-2)6-3/h3-19,32H,1-2H3,(H,38,39,40)(H,41,42,43);3*4-6H2,1-3H3/b18-8+,23-9+,29-19+;;;. The van der Waals surface area contributed by atoms with Crippen LogP contribution in [-0.4, -0.2) is 121 Å². The van der Waals surface area contributed by atoms with E-state index in [1.807, 2.05) is 30.3 Å². The Labute approximate surface area is 393 Å². The second-order valence-corrected chi connectivity index (χ2v) is 17.6. The normalized spacial score (nSPS) is 13.7. The number of carbonyl (C=O) groups is 1. The minimum atomic E-state index is -4.39. The summed E-state index contributed by atoms with van der Waals surface area (Å²) in [5.41, 5.74) is 3.38. The number of aryl methyl sites for hydroxylation is 1. The number of nitrogens with one attached hydrogen (secondary N) is 1. The van der Waals surface area contributed by atoms with E-state index in [2.05, 4.69) is 87.2 Å². The van der Waals surface area contributed by atoms with Crippen LogP contribution in [0, 0.1) is 6.92 Å². The van der Waals surface area contributed by atoms with Gasteiger partial charge in [-0.1, -0.05) is 105 Å². The molecule has 0 aliphatic carbocycles. The van der Waals surface area contributed by atoms with Gasteiger partial charge in [-0.25, -0.2) is 4.68 Å². The van der Waals surface area contributed by atoms with E-state index in [1.165, 1.54) is 112 Å². The van der Waals surface area contributed by atoms with Crippen LogP contribution in [0.1, 0.15) is 86.1 Å². The number of nitrogens with zero attached hydrogens (tertiary/aromatic N) is 6. The average molecular weight is 950 g/mol. The first kappa shape index (κ1) is 56.9. The molecule has 0 bridgehead atoms. The Morgan fingerprint density at radius 2 is 1.03 bits per heavy atom. The summed E-state index contributed by atoms with van der Waals surface area (Å²) in [6.07, 6.45) is 6.69. The van der Waals surface area contributed by atoms with Crippen molar-refractivity contribution < 1.29 is 30.7 Å². The molecule has 4 aromatic rings. The van der Waals surface area contributed by atoms with Crippen LogP contribution in [0.2, 0.25) is 0 Å². The van der Waals surface area contributed by atoms with E-state index in [9.17, 15) is 35.5 Å². The summed E-state index contributed by atoms with van der Waals surface area (Å²) in [4.78, 5) is 33.1. The van der Waals surface area contributed by atoms with E-state index in [1.54, 1.807) is 38.2 Å². The lowest BCUT2D eigenvalue weighted by Gasteiger charge is -2.13. The summed E-state index contributed by atoms with van der Waals surface area (Å²) >= 11 is 0. The molecule has 17 heteroatoms. The van der Waals surface area contributed by atoms with E-state index in [4.69, 9.17) is 0 Å². The largest absolute Gasteiger partial charge is 0.304 e. The van der Waals surface area contributed by atoms with Gasteiger partial charge in [0.15, 0.2) is 0 Å². The minimum Gasteiger partial charge on any atom is -0.304 e. The van der Waals surface area contributed by atoms with Crippen LogP contribution in [0.3, 0.4) is 0 Å². The van der Waals surface area contributed by atoms with Gasteiger partial charge in [0.1, 0.15) is 0 Å². The Morgan fingerprint density at radius 3 is 1.41 bits per heavy atom. The molecule has 1 aromatic heterocycles. The summed E-state index contributed by atoms with van der Waals surface area (Å²) in [5, 5.41) is 8.41. The van der Waals surface area contributed by atoms with Crippen LogP contribution < -0.4 is 10.6 Å². The van der Waals surface area contributed by atoms with Gasteiger partial charge in [0, 0.05) is 5.69 Å². The van der Waals surface area contributed by atoms with E-state index < -0.39 is 31.7 Å².